The summed E-state index contributed by atoms with van der Waals surface area (Å²) >= 11 is 0. The molecular weight excluding hydrogens is 266 g/mol. The number of hydrogen-bond acceptors (Lipinski definition) is 3. The first-order valence-electron chi connectivity index (χ1n) is 6.57. The van der Waals surface area contributed by atoms with Crippen LogP contribution in [0.1, 0.15) is 19.8 Å². The summed E-state index contributed by atoms with van der Waals surface area (Å²) in [6.07, 6.45) is 1.68. The number of ether oxygens (including phenoxy) is 1. The first-order chi connectivity index (χ1) is 9.51. The highest BCUT2D eigenvalue weighted by atomic mass is 19.3. The Labute approximate surface area is 116 Å². The number of rotatable bonds is 4. The van der Waals surface area contributed by atoms with Gasteiger partial charge in [-0.3, -0.25) is 4.79 Å². The van der Waals surface area contributed by atoms with Crippen LogP contribution in [0.3, 0.4) is 0 Å². The number of anilines is 1. The highest BCUT2D eigenvalue weighted by molar-refractivity contribution is 5.96. The van der Waals surface area contributed by atoms with Gasteiger partial charge in [-0.1, -0.05) is 12.1 Å². The zero-order valence-corrected chi connectivity index (χ0v) is 11.3. The van der Waals surface area contributed by atoms with Crippen molar-refractivity contribution in [1.82, 2.24) is 5.32 Å². The lowest BCUT2D eigenvalue weighted by molar-refractivity contribution is -0.125. The largest absolute Gasteiger partial charge is 0.433 e. The van der Waals surface area contributed by atoms with Crippen LogP contribution in [0.2, 0.25) is 0 Å². The SMILES string of the molecule is CC1(C(=O)Nc2ccccc2OC(F)F)CCCNC1. The number of alkyl halides is 2. The molecule has 1 unspecified atom stereocenters. The molecule has 0 radical (unpaired) electrons. The second-order valence-electron chi connectivity index (χ2n) is 5.17. The number of hydrogen-bond donors (Lipinski definition) is 2. The molecule has 20 heavy (non-hydrogen) atoms. The Morgan fingerprint density at radius 1 is 1.45 bits per heavy atom. The van der Waals surface area contributed by atoms with Gasteiger partial charge in [-0.05, 0) is 38.4 Å². The van der Waals surface area contributed by atoms with E-state index in [4.69, 9.17) is 0 Å². The molecule has 1 heterocycles. The summed E-state index contributed by atoms with van der Waals surface area (Å²) in [5.41, 5.74) is -0.263. The summed E-state index contributed by atoms with van der Waals surface area (Å²) in [7, 11) is 0. The second-order valence-corrected chi connectivity index (χ2v) is 5.17. The standard InChI is InChI=1S/C14H18F2N2O2/c1-14(7-4-8-17-9-14)12(19)18-10-5-2-3-6-11(10)20-13(15)16/h2-3,5-6,13,17H,4,7-9H2,1H3,(H,18,19). The summed E-state index contributed by atoms with van der Waals surface area (Å²) < 4.78 is 29.0. The molecule has 0 bridgehead atoms. The van der Waals surface area contributed by atoms with E-state index in [1.165, 1.54) is 6.07 Å². The minimum absolute atomic E-state index is 0.0248. The average molecular weight is 284 g/mol. The zero-order valence-electron chi connectivity index (χ0n) is 11.3. The molecule has 4 nitrogen and oxygen atoms in total. The third-order valence-electron chi connectivity index (χ3n) is 3.50. The number of amides is 1. The maximum absolute atomic E-state index is 12.3. The molecular formula is C14H18F2N2O2. The van der Waals surface area contributed by atoms with Gasteiger partial charge in [-0.2, -0.15) is 8.78 Å². The van der Waals surface area contributed by atoms with E-state index in [-0.39, 0.29) is 17.3 Å². The van der Waals surface area contributed by atoms with Crippen LogP contribution in [0.25, 0.3) is 0 Å². The van der Waals surface area contributed by atoms with E-state index in [1.807, 2.05) is 6.92 Å². The van der Waals surface area contributed by atoms with E-state index in [9.17, 15) is 13.6 Å². The summed E-state index contributed by atoms with van der Waals surface area (Å²) in [5.74, 6) is -0.210. The minimum atomic E-state index is -2.92. The molecule has 2 rings (SSSR count). The average Bonchev–Trinajstić information content (AvgIpc) is 2.41. The Balaban J connectivity index is 2.11. The van der Waals surface area contributed by atoms with Gasteiger partial charge in [-0.15, -0.1) is 0 Å². The van der Waals surface area contributed by atoms with Crippen LogP contribution in [0, 0.1) is 5.41 Å². The van der Waals surface area contributed by atoms with Crippen molar-refractivity contribution in [2.45, 2.75) is 26.4 Å². The van der Waals surface area contributed by atoms with Gasteiger partial charge in [0.15, 0.2) is 0 Å². The van der Waals surface area contributed by atoms with Crippen molar-refractivity contribution in [2.75, 3.05) is 18.4 Å². The minimum Gasteiger partial charge on any atom is -0.433 e. The van der Waals surface area contributed by atoms with Gasteiger partial charge in [0.2, 0.25) is 5.91 Å². The molecule has 1 aliphatic heterocycles. The van der Waals surface area contributed by atoms with Crippen molar-refractivity contribution in [3.63, 3.8) is 0 Å². The molecule has 0 aliphatic carbocycles. The quantitative estimate of drug-likeness (QED) is 0.893. The van der Waals surface area contributed by atoms with Crippen LogP contribution in [-0.2, 0) is 4.79 Å². The van der Waals surface area contributed by atoms with Crippen LogP contribution < -0.4 is 15.4 Å². The maximum atomic E-state index is 12.3. The monoisotopic (exact) mass is 284 g/mol. The van der Waals surface area contributed by atoms with Gasteiger partial charge in [-0.25, -0.2) is 0 Å². The Morgan fingerprint density at radius 3 is 2.85 bits per heavy atom. The fourth-order valence-electron chi connectivity index (χ4n) is 2.29. The fourth-order valence-corrected chi connectivity index (χ4v) is 2.29. The summed E-state index contributed by atoms with van der Waals surface area (Å²) in [6, 6.07) is 6.20. The highest BCUT2D eigenvalue weighted by Crippen LogP contribution is 2.30. The highest BCUT2D eigenvalue weighted by Gasteiger charge is 2.35. The molecule has 0 saturated carbocycles. The van der Waals surface area contributed by atoms with E-state index in [0.717, 1.165) is 19.4 Å². The Bertz CT molecular complexity index is 474. The van der Waals surface area contributed by atoms with Crippen LogP contribution in [0.15, 0.2) is 24.3 Å². The van der Waals surface area contributed by atoms with Crippen molar-refractivity contribution in [3.05, 3.63) is 24.3 Å². The van der Waals surface area contributed by atoms with Gasteiger partial charge >= 0.3 is 6.61 Å². The van der Waals surface area contributed by atoms with Crippen molar-refractivity contribution in [3.8, 4) is 5.75 Å². The number of piperidine rings is 1. The van der Waals surface area contributed by atoms with Crippen LogP contribution >= 0.6 is 0 Å². The van der Waals surface area contributed by atoms with Crippen molar-refractivity contribution >= 4 is 11.6 Å². The zero-order chi connectivity index (χ0) is 14.6. The van der Waals surface area contributed by atoms with Crippen molar-refractivity contribution in [2.24, 2.45) is 5.41 Å². The Hall–Kier alpha value is -1.69. The molecule has 6 heteroatoms. The molecule has 110 valence electrons. The summed E-state index contributed by atoms with van der Waals surface area (Å²) in [6.45, 7) is 0.426. The van der Waals surface area contributed by atoms with Crippen molar-refractivity contribution < 1.29 is 18.3 Å². The van der Waals surface area contributed by atoms with Gasteiger partial charge in [0, 0.05) is 6.54 Å². The molecule has 0 spiro atoms. The molecule has 0 aromatic heterocycles. The Morgan fingerprint density at radius 2 is 2.20 bits per heavy atom. The number of benzene rings is 1. The lowest BCUT2D eigenvalue weighted by Crippen LogP contribution is -2.46. The van der Waals surface area contributed by atoms with E-state index in [0.29, 0.717) is 6.54 Å². The number of halogens is 2. The van der Waals surface area contributed by atoms with Gasteiger partial charge in [0.1, 0.15) is 5.75 Å². The van der Waals surface area contributed by atoms with Gasteiger partial charge in [0.05, 0.1) is 11.1 Å². The molecule has 1 amide bonds. The first-order valence-corrected chi connectivity index (χ1v) is 6.57. The van der Waals surface area contributed by atoms with Crippen LogP contribution in [0.4, 0.5) is 14.5 Å². The van der Waals surface area contributed by atoms with Crippen molar-refractivity contribution in [1.29, 1.82) is 0 Å². The maximum Gasteiger partial charge on any atom is 0.387 e. The summed E-state index contributed by atoms with van der Waals surface area (Å²) in [5, 5.41) is 5.87. The third-order valence-corrected chi connectivity index (χ3v) is 3.50. The molecule has 1 aromatic carbocycles. The van der Waals surface area contributed by atoms with E-state index >= 15 is 0 Å². The topological polar surface area (TPSA) is 50.4 Å². The predicted molar refractivity (Wildman–Crippen MR) is 71.9 cm³/mol. The Kier molecular flexibility index (Phi) is 4.54. The molecule has 1 aromatic rings. The normalized spacial score (nSPS) is 22.6. The lowest BCUT2D eigenvalue weighted by Gasteiger charge is -2.32. The molecule has 2 N–H and O–H groups in total. The smallest absolute Gasteiger partial charge is 0.387 e. The van der Waals surface area contributed by atoms with Crippen LogP contribution in [-0.4, -0.2) is 25.6 Å². The van der Waals surface area contributed by atoms with E-state index < -0.39 is 12.0 Å². The van der Waals surface area contributed by atoms with E-state index in [1.54, 1.807) is 18.2 Å². The molecule has 1 fully saturated rings. The predicted octanol–water partition coefficient (Wildman–Crippen LogP) is 2.62. The molecule has 1 aliphatic rings. The molecule has 1 atom stereocenters. The second kappa shape index (κ2) is 6.17. The number of nitrogens with one attached hydrogen (secondary N) is 2. The summed E-state index contributed by atoms with van der Waals surface area (Å²) in [4.78, 5) is 12.3. The van der Waals surface area contributed by atoms with Gasteiger partial charge < -0.3 is 15.4 Å². The number of carbonyl (C=O) groups excluding carboxylic acids is 1. The lowest BCUT2D eigenvalue weighted by atomic mass is 9.82. The number of para-hydroxylation sites is 2. The van der Waals surface area contributed by atoms with Gasteiger partial charge in [0.25, 0.3) is 0 Å². The molecule has 1 saturated heterocycles. The first kappa shape index (κ1) is 14.7. The van der Waals surface area contributed by atoms with Crippen LogP contribution in [0.5, 0.6) is 5.75 Å². The fraction of sp³-hybridized carbons (Fsp3) is 0.500. The van der Waals surface area contributed by atoms with E-state index in [2.05, 4.69) is 15.4 Å². The number of carbonyl (C=O) groups is 1. The third kappa shape index (κ3) is 3.45.